The normalized spacial score (nSPS) is 15.8. The smallest absolute Gasteiger partial charge is 0.317 e. The molecule has 0 unspecified atom stereocenters. The molecule has 1 saturated heterocycles. The molecule has 1 aliphatic rings. The Bertz CT molecular complexity index is 285. The van der Waals surface area contributed by atoms with Crippen LogP contribution >= 0.6 is 0 Å². The number of likely N-dealkylation sites (N-methyl/N-ethyl adjacent to an activating group) is 1. The molecule has 19 heavy (non-hydrogen) atoms. The van der Waals surface area contributed by atoms with Crippen molar-refractivity contribution in [1.82, 2.24) is 20.4 Å². The summed E-state index contributed by atoms with van der Waals surface area (Å²) < 4.78 is 0. The molecule has 1 rings (SSSR count). The van der Waals surface area contributed by atoms with Crippen molar-refractivity contribution in [2.75, 3.05) is 45.8 Å². The number of hydrogen-bond donors (Lipinski definition) is 2. The van der Waals surface area contributed by atoms with Crippen molar-refractivity contribution >= 4 is 6.03 Å². The van der Waals surface area contributed by atoms with E-state index in [1.54, 1.807) is 0 Å². The average Bonchev–Trinajstić information content (AvgIpc) is 2.70. The molecule has 1 aliphatic heterocycles. The molecule has 0 aromatic heterocycles. The van der Waals surface area contributed by atoms with Gasteiger partial charge in [0, 0.05) is 38.4 Å². The third-order valence-electron chi connectivity index (χ3n) is 3.39. The summed E-state index contributed by atoms with van der Waals surface area (Å²) in [6.07, 6.45) is 2.11. The first-order valence-electron chi connectivity index (χ1n) is 7.35. The predicted octanol–water partition coefficient (Wildman–Crippen LogP) is 1.24. The summed E-state index contributed by atoms with van der Waals surface area (Å²) >= 11 is 0. The van der Waals surface area contributed by atoms with Gasteiger partial charge in [0.2, 0.25) is 0 Å². The Morgan fingerprint density at radius 2 is 2.16 bits per heavy atom. The van der Waals surface area contributed by atoms with Crippen LogP contribution in [-0.2, 0) is 0 Å². The highest BCUT2D eigenvalue weighted by atomic mass is 16.2. The van der Waals surface area contributed by atoms with Crippen molar-refractivity contribution in [2.45, 2.75) is 26.7 Å². The average molecular weight is 268 g/mol. The Balaban J connectivity index is 2.33. The lowest BCUT2D eigenvalue weighted by molar-refractivity contribution is 0.201. The summed E-state index contributed by atoms with van der Waals surface area (Å²) in [5.74, 6) is 0. The number of nitrogens with zero attached hydrogens (tertiary/aromatic N) is 2. The summed E-state index contributed by atoms with van der Waals surface area (Å²) in [7, 11) is 0. The van der Waals surface area contributed by atoms with Crippen LogP contribution < -0.4 is 10.6 Å². The van der Waals surface area contributed by atoms with Gasteiger partial charge in [-0.15, -0.1) is 0 Å². The van der Waals surface area contributed by atoms with Crippen molar-refractivity contribution < 1.29 is 4.79 Å². The van der Waals surface area contributed by atoms with Crippen molar-refractivity contribution in [2.24, 2.45) is 0 Å². The maximum Gasteiger partial charge on any atom is 0.317 e. The summed E-state index contributed by atoms with van der Waals surface area (Å²) in [6, 6.07) is 0.0254. The lowest BCUT2D eigenvalue weighted by atomic mass is 10.3. The maximum absolute atomic E-state index is 12.1. The monoisotopic (exact) mass is 268 g/mol. The Kier molecular flexibility index (Phi) is 7.33. The summed E-state index contributed by atoms with van der Waals surface area (Å²) in [5, 5.41) is 6.26. The van der Waals surface area contributed by atoms with E-state index in [0.717, 1.165) is 57.8 Å². The molecule has 5 heteroatoms. The number of hydrogen-bond acceptors (Lipinski definition) is 3. The largest absolute Gasteiger partial charge is 0.374 e. The molecule has 5 nitrogen and oxygen atoms in total. The highest BCUT2D eigenvalue weighted by molar-refractivity contribution is 5.74. The predicted molar refractivity (Wildman–Crippen MR) is 79.1 cm³/mol. The third kappa shape index (κ3) is 5.51. The molecule has 0 aromatic rings. The van der Waals surface area contributed by atoms with Gasteiger partial charge in [-0.25, -0.2) is 4.79 Å². The van der Waals surface area contributed by atoms with Gasteiger partial charge in [0.1, 0.15) is 0 Å². The van der Waals surface area contributed by atoms with Gasteiger partial charge in [-0.1, -0.05) is 13.5 Å². The molecular formula is C14H28N4O. The summed E-state index contributed by atoms with van der Waals surface area (Å²) in [4.78, 5) is 16.1. The van der Waals surface area contributed by atoms with E-state index in [-0.39, 0.29) is 6.03 Å². The van der Waals surface area contributed by atoms with E-state index < -0.39 is 0 Å². The molecule has 0 radical (unpaired) electrons. The van der Waals surface area contributed by atoms with Crippen LogP contribution in [0.3, 0.4) is 0 Å². The van der Waals surface area contributed by atoms with E-state index in [0.29, 0.717) is 6.54 Å². The Labute approximate surface area is 117 Å². The summed E-state index contributed by atoms with van der Waals surface area (Å²) in [5.41, 5.74) is 0.991. The highest BCUT2D eigenvalue weighted by Gasteiger charge is 2.15. The number of carbonyl (C=O) groups is 1. The zero-order chi connectivity index (χ0) is 14.1. The first kappa shape index (κ1) is 15.8. The van der Waals surface area contributed by atoms with Gasteiger partial charge in [-0.2, -0.15) is 0 Å². The first-order chi connectivity index (χ1) is 9.19. The molecule has 0 bridgehead atoms. The van der Waals surface area contributed by atoms with Crippen LogP contribution in [-0.4, -0.2) is 61.6 Å². The fraction of sp³-hybridized carbons (Fsp3) is 0.786. The minimum absolute atomic E-state index is 0.0254. The Hall–Kier alpha value is -1.23. The molecule has 110 valence electrons. The highest BCUT2D eigenvalue weighted by Crippen LogP contribution is 2.02. The van der Waals surface area contributed by atoms with E-state index in [2.05, 4.69) is 36.0 Å². The molecule has 1 fully saturated rings. The molecule has 0 aromatic carbocycles. The fourth-order valence-corrected chi connectivity index (χ4v) is 2.26. The van der Waals surface area contributed by atoms with Gasteiger partial charge in [0.25, 0.3) is 0 Å². The van der Waals surface area contributed by atoms with Crippen LogP contribution in [0.1, 0.15) is 26.7 Å². The van der Waals surface area contributed by atoms with Crippen LogP contribution in [0.25, 0.3) is 0 Å². The van der Waals surface area contributed by atoms with E-state index in [1.807, 2.05) is 4.90 Å². The lowest BCUT2D eigenvalue weighted by Crippen LogP contribution is -2.43. The van der Waals surface area contributed by atoms with Crippen molar-refractivity contribution in [3.8, 4) is 0 Å². The number of rotatable bonds is 6. The van der Waals surface area contributed by atoms with E-state index in [4.69, 9.17) is 0 Å². The zero-order valence-electron chi connectivity index (χ0n) is 12.4. The Morgan fingerprint density at radius 1 is 1.37 bits per heavy atom. The molecule has 0 atom stereocenters. The fourth-order valence-electron chi connectivity index (χ4n) is 2.26. The standard InChI is InChI=1S/C14H28N4O/c1-4-9-17(5-2)13(3)12-16-14(19)18-10-6-7-15-8-11-18/h15H,3-12H2,1-2H3,(H,16,19). The van der Waals surface area contributed by atoms with Crippen molar-refractivity contribution in [3.63, 3.8) is 0 Å². The van der Waals surface area contributed by atoms with E-state index in [9.17, 15) is 4.79 Å². The van der Waals surface area contributed by atoms with Crippen LogP contribution in [0.4, 0.5) is 4.79 Å². The number of carbonyl (C=O) groups excluding carboxylic acids is 1. The van der Waals surface area contributed by atoms with Crippen molar-refractivity contribution in [3.05, 3.63) is 12.3 Å². The number of amides is 2. The third-order valence-corrected chi connectivity index (χ3v) is 3.39. The van der Waals surface area contributed by atoms with Gasteiger partial charge in [-0.3, -0.25) is 0 Å². The summed E-state index contributed by atoms with van der Waals surface area (Å²) in [6.45, 7) is 14.3. The second-order valence-electron chi connectivity index (χ2n) is 4.90. The first-order valence-corrected chi connectivity index (χ1v) is 7.35. The van der Waals surface area contributed by atoms with Gasteiger partial charge >= 0.3 is 6.03 Å². The minimum Gasteiger partial charge on any atom is -0.374 e. The van der Waals surface area contributed by atoms with Crippen molar-refractivity contribution in [1.29, 1.82) is 0 Å². The van der Waals surface area contributed by atoms with Gasteiger partial charge in [-0.05, 0) is 26.3 Å². The van der Waals surface area contributed by atoms with Crippen LogP contribution in [0.2, 0.25) is 0 Å². The minimum atomic E-state index is 0.0254. The molecule has 0 aliphatic carbocycles. The van der Waals surface area contributed by atoms with Gasteiger partial charge in [0.05, 0.1) is 6.54 Å². The molecule has 1 heterocycles. The molecular weight excluding hydrogens is 240 g/mol. The van der Waals surface area contributed by atoms with Crippen LogP contribution in [0, 0.1) is 0 Å². The van der Waals surface area contributed by atoms with Gasteiger partial charge in [0.15, 0.2) is 0 Å². The molecule has 2 amide bonds. The van der Waals surface area contributed by atoms with Gasteiger partial charge < -0.3 is 20.4 Å². The topological polar surface area (TPSA) is 47.6 Å². The Morgan fingerprint density at radius 3 is 2.84 bits per heavy atom. The van der Waals surface area contributed by atoms with E-state index >= 15 is 0 Å². The zero-order valence-corrected chi connectivity index (χ0v) is 12.4. The SMILES string of the molecule is C=C(CNC(=O)N1CCCNCC1)N(CC)CCC. The van der Waals surface area contributed by atoms with E-state index in [1.165, 1.54) is 0 Å². The quantitative estimate of drug-likeness (QED) is 0.762. The number of nitrogens with one attached hydrogen (secondary N) is 2. The molecule has 0 saturated carbocycles. The maximum atomic E-state index is 12.1. The molecule has 0 spiro atoms. The number of urea groups is 1. The lowest BCUT2D eigenvalue weighted by Gasteiger charge is -2.26. The van der Waals surface area contributed by atoms with Crippen LogP contribution in [0.15, 0.2) is 12.3 Å². The second-order valence-corrected chi connectivity index (χ2v) is 4.90. The second kappa shape index (κ2) is 8.80. The van der Waals surface area contributed by atoms with Crippen LogP contribution in [0.5, 0.6) is 0 Å². The molecule has 2 N–H and O–H groups in total.